The largest absolute Gasteiger partial charge is 0.463 e. The van der Waals surface area contributed by atoms with Crippen molar-refractivity contribution in [3.63, 3.8) is 0 Å². The topological polar surface area (TPSA) is 109 Å². The van der Waals surface area contributed by atoms with E-state index in [1.165, 1.54) is 0 Å². The highest BCUT2D eigenvalue weighted by Crippen LogP contribution is 2.31. The number of thiophene rings is 1. The molecular formula is C20H26F3N5O4S. The molecule has 2 aromatic rings. The van der Waals surface area contributed by atoms with Gasteiger partial charge in [0, 0.05) is 31.1 Å². The summed E-state index contributed by atoms with van der Waals surface area (Å²) in [6.45, 7) is 7.79. The van der Waals surface area contributed by atoms with Gasteiger partial charge in [0.15, 0.2) is 0 Å². The van der Waals surface area contributed by atoms with E-state index in [0.29, 0.717) is 23.5 Å². The Morgan fingerprint density at radius 3 is 2.45 bits per heavy atom. The number of carboxylic acid groups (broad SMARTS) is 1. The van der Waals surface area contributed by atoms with Crippen LogP contribution in [0.3, 0.4) is 0 Å². The van der Waals surface area contributed by atoms with Crippen LogP contribution in [0.2, 0.25) is 0 Å². The predicted molar refractivity (Wildman–Crippen MR) is 119 cm³/mol. The van der Waals surface area contributed by atoms with E-state index in [4.69, 9.17) is 5.11 Å². The summed E-state index contributed by atoms with van der Waals surface area (Å²) in [5, 5.41) is 12.0. The highest BCUT2D eigenvalue weighted by Gasteiger charge is 2.30. The van der Waals surface area contributed by atoms with Crippen LogP contribution in [0.25, 0.3) is 10.2 Å². The highest BCUT2D eigenvalue weighted by molar-refractivity contribution is 7.18. The molecule has 3 rings (SSSR count). The van der Waals surface area contributed by atoms with Crippen molar-refractivity contribution in [1.82, 2.24) is 19.4 Å². The number of aromatic nitrogens is 2. The van der Waals surface area contributed by atoms with Gasteiger partial charge in [-0.25, -0.2) is 9.59 Å². The van der Waals surface area contributed by atoms with Crippen molar-refractivity contribution in [3.8, 4) is 0 Å². The molecule has 0 bridgehead atoms. The van der Waals surface area contributed by atoms with E-state index in [0.717, 1.165) is 20.5 Å². The number of aryl methyl sites for hydroxylation is 2. The number of alkyl halides is 3. The first-order valence-corrected chi connectivity index (χ1v) is 11.1. The Morgan fingerprint density at radius 2 is 1.88 bits per heavy atom. The molecule has 0 aromatic carbocycles. The molecule has 1 fully saturated rings. The molecular weight excluding hydrogens is 463 g/mol. The van der Waals surface area contributed by atoms with Crippen molar-refractivity contribution in [2.75, 3.05) is 13.1 Å². The monoisotopic (exact) mass is 489 g/mol. The van der Waals surface area contributed by atoms with Crippen LogP contribution >= 0.6 is 11.3 Å². The Hall–Kier alpha value is -2.83. The van der Waals surface area contributed by atoms with Gasteiger partial charge in [0.1, 0.15) is 4.83 Å². The number of hydrogen-bond acceptors (Lipinski definition) is 4. The molecule has 33 heavy (non-hydrogen) atoms. The predicted octanol–water partition coefficient (Wildman–Crippen LogP) is 2.97. The molecule has 13 heteroatoms. The molecule has 0 aliphatic carbocycles. The van der Waals surface area contributed by atoms with Crippen molar-refractivity contribution in [3.05, 3.63) is 31.3 Å². The van der Waals surface area contributed by atoms with Crippen LogP contribution in [-0.4, -0.2) is 50.5 Å². The fourth-order valence-electron chi connectivity index (χ4n) is 3.69. The molecule has 0 unspecified atom stereocenters. The number of nitrogens with zero attached hydrogens (tertiary/aromatic N) is 4. The lowest BCUT2D eigenvalue weighted by Gasteiger charge is -2.20. The van der Waals surface area contributed by atoms with Gasteiger partial charge in [0.05, 0.1) is 18.4 Å². The molecule has 9 nitrogen and oxygen atoms in total. The number of fused-ring (bicyclic) bond motifs is 1. The number of aliphatic imine (C=N–C) groups is 1. The fourth-order valence-corrected chi connectivity index (χ4v) is 5.02. The van der Waals surface area contributed by atoms with Crippen LogP contribution in [-0.2, 0) is 19.6 Å². The number of carbonyl (C=O) groups is 1. The molecule has 0 radical (unpaired) electrons. The number of rotatable bonds is 5. The molecule has 2 N–H and O–H groups in total. The Kier molecular flexibility index (Phi) is 6.65. The summed E-state index contributed by atoms with van der Waals surface area (Å²) in [7, 11) is 0. The lowest BCUT2D eigenvalue weighted by atomic mass is 9.97. The number of amides is 1. The first-order chi connectivity index (χ1) is 15.2. The number of hydrogen-bond donors (Lipinski definition) is 2. The van der Waals surface area contributed by atoms with Crippen LogP contribution in [0, 0.1) is 12.3 Å². The zero-order valence-corrected chi connectivity index (χ0v) is 19.6. The Bertz CT molecular complexity index is 1220. The van der Waals surface area contributed by atoms with Crippen molar-refractivity contribution in [1.29, 1.82) is 0 Å². The standard InChI is InChI=1S/C20H26F3N5O4S/c1-11-12(9-26-8-6-24-16(26)25-17(30)31)33-15-13(11)14(29)28(10-19(2,3)4)18(32)27(15)7-5-20(21,22)23/h5-10H2,1-4H3,(H,24,25)(H,30,31). The minimum absolute atomic E-state index is 0.0582. The molecule has 0 spiro atoms. The molecule has 182 valence electrons. The SMILES string of the molecule is Cc1c(CN2CCN/C2=N\C(=O)O)sc2c1c(=O)n(CC(C)(C)C)c(=O)n2CCC(F)(F)F. The molecule has 1 amide bonds. The van der Waals surface area contributed by atoms with E-state index < -0.39 is 41.9 Å². The number of guanidine groups is 1. The average Bonchev–Trinajstić information content (AvgIpc) is 3.21. The maximum absolute atomic E-state index is 13.3. The minimum Gasteiger partial charge on any atom is -0.463 e. The average molecular weight is 490 g/mol. The van der Waals surface area contributed by atoms with Crippen molar-refractivity contribution >= 4 is 33.6 Å². The quantitative estimate of drug-likeness (QED) is 0.669. The molecule has 1 saturated heterocycles. The maximum Gasteiger partial charge on any atom is 0.434 e. The first-order valence-electron chi connectivity index (χ1n) is 10.3. The summed E-state index contributed by atoms with van der Waals surface area (Å²) in [5.41, 5.74) is -1.19. The Morgan fingerprint density at radius 1 is 1.21 bits per heavy atom. The second kappa shape index (κ2) is 8.84. The van der Waals surface area contributed by atoms with E-state index in [1.807, 2.05) is 20.8 Å². The zero-order chi connectivity index (χ0) is 24.7. The van der Waals surface area contributed by atoms with Crippen LogP contribution in [0.15, 0.2) is 14.6 Å². The molecule has 0 saturated carbocycles. The summed E-state index contributed by atoms with van der Waals surface area (Å²) in [6.07, 6.45) is -7.02. The van der Waals surface area contributed by atoms with Crippen molar-refractivity contribution in [2.24, 2.45) is 10.4 Å². The van der Waals surface area contributed by atoms with Gasteiger partial charge in [0.25, 0.3) is 5.56 Å². The van der Waals surface area contributed by atoms with Gasteiger partial charge in [-0.05, 0) is 17.9 Å². The molecule has 0 atom stereocenters. The first kappa shape index (κ1) is 24.8. The lowest BCUT2D eigenvalue weighted by Crippen LogP contribution is -2.42. The molecule has 3 heterocycles. The van der Waals surface area contributed by atoms with E-state index in [2.05, 4.69) is 10.3 Å². The third-order valence-electron chi connectivity index (χ3n) is 5.14. The van der Waals surface area contributed by atoms with E-state index >= 15 is 0 Å². The van der Waals surface area contributed by atoms with Crippen LogP contribution in [0.5, 0.6) is 0 Å². The molecule has 2 aromatic heterocycles. The smallest absolute Gasteiger partial charge is 0.434 e. The van der Waals surface area contributed by atoms with Gasteiger partial charge in [-0.15, -0.1) is 16.3 Å². The van der Waals surface area contributed by atoms with Gasteiger partial charge < -0.3 is 15.3 Å². The van der Waals surface area contributed by atoms with Gasteiger partial charge >= 0.3 is 18.0 Å². The minimum atomic E-state index is -4.46. The Labute approximate surface area is 191 Å². The van der Waals surface area contributed by atoms with Gasteiger partial charge in [0.2, 0.25) is 5.96 Å². The number of nitrogens with one attached hydrogen (secondary N) is 1. The second-order valence-corrected chi connectivity index (χ2v) is 10.2. The summed E-state index contributed by atoms with van der Waals surface area (Å²) in [4.78, 5) is 43.4. The van der Waals surface area contributed by atoms with E-state index in [9.17, 15) is 27.6 Å². The van der Waals surface area contributed by atoms with Gasteiger partial charge in [-0.1, -0.05) is 20.8 Å². The van der Waals surface area contributed by atoms with Gasteiger partial charge in [-0.3, -0.25) is 13.9 Å². The van der Waals surface area contributed by atoms with Crippen LogP contribution in [0.4, 0.5) is 18.0 Å². The van der Waals surface area contributed by atoms with Crippen molar-refractivity contribution < 1.29 is 23.1 Å². The lowest BCUT2D eigenvalue weighted by molar-refractivity contribution is -0.136. The third-order valence-corrected chi connectivity index (χ3v) is 6.44. The summed E-state index contributed by atoms with van der Waals surface area (Å²) < 4.78 is 41.0. The maximum atomic E-state index is 13.3. The van der Waals surface area contributed by atoms with E-state index in [-0.39, 0.29) is 29.3 Å². The van der Waals surface area contributed by atoms with Gasteiger partial charge in [-0.2, -0.15) is 13.2 Å². The summed E-state index contributed by atoms with van der Waals surface area (Å²) >= 11 is 1.07. The summed E-state index contributed by atoms with van der Waals surface area (Å²) in [5.74, 6) is 0.166. The zero-order valence-electron chi connectivity index (χ0n) is 18.7. The highest BCUT2D eigenvalue weighted by atomic mass is 32.1. The molecule has 1 aliphatic rings. The van der Waals surface area contributed by atoms with Crippen LogP contribution < -0.4 is 16.6 Å². The molecule has 1 aliphatic heterocycles. The summed E-state index contributed by atoms with van der Waals surface area (Å²) in [6, 6.07) is 0. The van der Waals surface area contributed by atoms with Crippen LogP contribution in [0.1, 0.15) is 37.6 Å². The Balaban J connectivity index is 2.16. The number of halogens is 3. The normalized spacial score (nSPS) is 16.1. The van der Waals surface area contributed by atoms with E-state index in [1.54, 1.807) is 11.8 Å². The second-order valence-electron chi connectivity index (χ2n) is 9.15. The third kappa shape index (κ3) is 5.57. The van der Waals surface area contributed by atoms with Crippen molar-refractivity contribution in [2.45, 2.75) is 59.9 Å². The fraction of sp³-hybridized carbons (Fsp3) is 0.600.